The van der Waals surface area contributed by atoms with E-state index in [0.717, 1.165) is 26.1 Å². The number of methoxy groups -OCH3 is 1. The summed E-state index contributed by atoms with van der Waals surface area (Å²) >= 11 is 0. The second kappa shape index (κ2) is 5.92. The lowest BCUT2D eigenvalue weighted by atomic mass is 10.0. The molecule has 0 spiro atoms. The van der Waals surface area contributed by atoms with Crippen LogP contribution < -0.4 is 10.2 Å². The zero-order valence-corrected chi connectivity index (χ0v) is 10.8. The lowest BCUT2D eigenvalue weighted by molar-refractivity contribution is 0.196. The molecule has 0 saturated carbocycles. The molecule has 1 N–H and O–H groups in total. The summed E-state index contributed by atoms with van der Waals surface area (Å²) < 4.78 is 5.08. The van der Waals surface area contributed by atoms with E-state index in [1.165, 1.54) is 29.8 Å². The van der Waals surface area contributed by atoms with Gasteiger partial charge in [-0.15, -0.1) is 0 Å². The average molecular weight is 234 g/mol. The third-order valence-corrected chi connectivity index (χ3v) is 3.31. The van der Waals surface area contributed by atoms with E-state index in [-0.39, 0.29) is 0 Å². The van der Waals surface area contributed by atoms with Gasteiger partial charge in [-0.25, -0.2) is 0 Å². The van der Waals surface area contributed by atoms with Crippen LogP contribution in [0, 0.1) is 0 Å². The normalized spacial score (nSPS) is 14.0. The van der Waals surface area contributed by atoms with Crippen LogP contribution in [0.5, 0.6) is 0 Å². The Morgan fingerprint density at radius 1 is 1.41 bits per heavy atom. The van der Waals surface area contributed by atoms with Crippen molar-refractivity contribution in [1.29, 1.82) is 0 Å². The lowest BCUT2D eigenvalue weighted by Gasteiger charge is -2.23. The van der Waals surface area contributed by atoms with Crippen LogP contribution in [0.3, 0.4) is 0 Å². The van der Waals surface area contributed by atoms with Crippen molar-refractivity contribution in [2.45, 2.75) is 19.3 Å². The quantitative estimate of drug-likeness (QED) is 0.792. The fourth-order valence-corrected chi connectivity index (χ4v) is 2.26. The lowest BCUT2D eigenvalue weighted by Crippen LogP contribution is -2.20. The molecule has 0 fully saturated rings. The maximum absolute atomic E-state index is 5.08. The van der Waals surface area contributed by atoms with Crippen molar-refractivity contribution in [3.8, 4) is 0 Å². The first-order valence-corrected chi connectivity index (χ1v) is 6.38. The van der Waals surface area contributed by atoms with Crippen LogP contribution in [0.2, 0.25) is 0 Å². The van der Waals surface area contributed by atoms with Crippen LogP contribution in [0.25, 0.3) is 0 Å². The summed E-state index contributed by atoms with van der Waals surface area (Å²) in [5, 5.41) is 3.47. The van der Waals surface area contributed by atoms with Gasteiger partial charge in [0.1, 0.15) is 0 Å². The van der Waals surface area contributed by atoms with Crippen molar-refractivity contribution in [2.24, 2.45) is 0 Å². The van der Waals surface area contributed by atoms with Crippen LogP contribution in [0.15, 0.2) is 18.2 Å². The molecule has 1 aliphatic rings. The van der Waals surface area contributed by atoms with E-state index >= 15 is 0 Å². The molecule has 3 heteroatoms. The second-order valence-electron chi connectivity index (χ2n) is 4.64. The average Bonchev–Trinajstić information content (AvgIpc) is 2.38. The maximum Gasteiger partial charge on any atom is 0.0479 e. The predicted molar refractivity (Wildman–Crippen MR) is 73.0 cm³/mol. The molecule has 0 amide bonds. The summed E-state index contributed by atoms with van der Waals surface area (Å²) in [6.45, 7) is 2.96. The van der Waals surface area contributed by atoms with Crippen molar-refractivity contribution >= 4 is 11.4 Å². The molecule has 0 aliphatic carbocycles. The van der Waals surface area contributed by atoms with E-state index in [9.17, 15) is 0 Å². The Hall–Kier alpha value is -1.22. The topological polar surface area (TPSA) is 24.5 Å². The number of nitrogens with zero attached hydrogens (tertiary/aromatic N) is 1. The van der Waals surface area contributed by atoms with Gasteiger partial charge in [0, 0.05) is 45.2 Å². The summed E-state index contributed by atoms with van der Waals surface area (Å²) in [7, 11) is 3.89. The summed E-state index contributed by atoms with van der Waals surface area (Å²) in [5.74, 6) is 0. The Morgan fingerprint density at radius 2 is 2.29 bits per heavy atom. The SMILES string of the molecule is COCCCN(C)c1ccc2c(c1)NCCC2. The van der Waals surface area contributed by atoms with Crippen LogP contribution in [0.1, 0.15) is 18.4 Å². The number of ether oxygens (including phenoxy) is 1. The summed E-state index contributed by atoms with van der Waals surface area (Å²) in [6.07, 6.45) is 3.52. The van der Waals surface area contributed by atoms with E-state index < -0.39 is 0 Å². The molecule has 2 rings (SSSR count). The molecule has 1 aromatic carbocycles. The molecule has 1 aromatic rings. The van der Waals surface area contributed by atoms with Gasteiger partial charge in [-0.05, 0) is 37.0 Å². The smallest absolute Gasteiger partial charge is 0.0479 e. The highest BCUT2D eigenvalue weighted by Gasteiger charge is 2.10. The Labute approximate surface area is 104 Å². The van der Waals surface area contributed by atoms with Crippen molar-refractivity contribution < 1.29 is 4.74 Å². The molecule has 17 heavy (non-hydrogen) atoms. The fourth-order valence-electron chi connectivity index (χ4n) is 2.26. The van der Waals surface area contributed by atoms with Crippen molar-refractivity contribution in [3.63, 3.8) is 0 Å². The maximum atomic E-state index is 5.08. The van der Waals surface area contributed by atoms with Crippen LogP contribution in [-0.4, -0.2) is 33.9 Å². The van der Waals surface area contributed by atoms with Crippen molar-refractivity contribution in [3.05, 3.63) is 23.8 Å². The predicted octanol–water partition coefficient (Wildman–Crippen LogP) is 2.52. The Morgan fingerprint density at radius 3 is 3.12 bits per heavy atom. The minimum Gasteiger partial charge on any atom is -0.385 e. The largest absolute Gasteiger partial charge is 0.385 e. The van der Waals surface area contributed by atoms with Gasteiger partial charge in [-0.1, -0.05) is 6.07 Å². The van der Waals surface area contributed by atoms with Gasteiger partial charge >= 0.3 is 0 Å². The summed E-state index contributed by atoms with van der Waals surface area (Å²) in [4.78, 5) is 2.29. The number of aryl methyl sites for hydroxylation is 1. The molecule has 3 nitrogen and oxygen atoms in total. The molecular formula is C14H22N2O. The molecule has 0 unspecified atom stereocenters. The molecule has 94 valence electrons. The highest BCUT2D eigenvalue weighted by Crippen LogP contribution is 2.26. The van der Waals surface area contributed by atoms with Gasteiger partial charge in [0.05, 0.1) is 0 Å². The number of hydrogen-bond donors (Lipinski definition) is 1. The molecule has 0 radical (unpaired) electrons. The Balaban J connectivity index is 2.00. The van der Waals surface area contributed by atoms with E-state index in [4.69, 9.17) is 4.74 Å². The number of fused-ring (bicyclic) bond motifs is 1. The summed E-state index contributed by atoms with van der Waals surface area (Å²) in [6, 6.07) is 6.74. The highest BCUT2D eigenvalue weighted by atomic mass is 16.5. The van der Waals surface area contributed by atoms with Gasteiger partial charge in [0.2, 0.25) is 0 Å². The van der Waals surface area contributed by atoms with Gasteiger partial charge in [-0.3, -0.25) is 0 Å². The highest BCUT2D eigenvalue weighted by molar-refractivity contribution is 5.63. The number of nitrogens with one attached hydrogen (secondary N) is 1. The molecular weight excluding hydrogens is 212 g/mol. The monoisotopic (exact) mass is 234 g/mol. The van der Waals surface area contributed by atoms with E-state index in [1.807, 2.05) is 0 Å². The standard InChI is InChI=1S/C14H22N2O/c1-16(9-4-10-17-2)13-7-6-12-5-3-8-15-14(12)11-13/h6-7,11,15H,3-5,8-10H2,1-2H3. The van der Waals surface area contributed by atoms with Crippen LogP contribution in [0.4, 0.5) is 11.4 Å². The number of anilines is 2. The number of rotatable bonds is 5. The van der Waals surface area contributed by atoms with Gasteiger partial charge in [0.15, 0.2) is 0 Å². The second-order valence-corrected chi connectivity index (χ2v) is 4.64. The first-order valence-electron chi connectivity index (χ1n) is 6.38. The van der Waals surface area contributed by atoms with E-state index in [1.54, 1.807) is 7.11 Å². The molecule has 1 heterocycles. The first kappa shape index (κ1) is 12.2. The molecule has 0 aromatic heterocycles. The Kier molecular flexibility index (Phi) is 4.26. The van der Waals surface area contributed by atoms with E-state index in [2.05, 4.69) is 35.5 Å². The fraction of sp³-hybridized carbons (Fsp3) is 0.571. The molecule has 0 saturated heterocycles. The zero-order chi connectivity index (χ0) is 12.1. The molecule has 0 atom stereocenters. The van der Waals surface area contributed by atoms with E-state index in [0.29, 0.717) is 0 Å². The van der Waals surface area contributed by atoms with Gasteiger partial charge < -0.3 is 15.0 Å². The number of benzene rings is 1. The van der Waals surface area contributed by atoms with Crippen LogP contribution >= 0.6 is 0 Å². The number of hydrogen-bond acceptors (Lipinski definition) is 3. The molecule has 1 aliphatic heterocycles. The van der Waals surface area contributed by atoms with Gasteiger partial charge in [-0.2, -0.15) is 0 Å². The third-order valence-electron chi connectivity index (χ3n) is 3.31. The zero-order valence-electron chi connectivity index (χ0n) is 10.8. The minimum absolute atomic E-state index is 0.827. The Bertz CT molecular complexity index is 365. The third kappa shape index (κ3) is 3.13. The van der Waals surface area contributed by atoms with Crippen molar-refractivity contribution in [2.75, 3.05) is 44.1 Å². The van der Waals surface area contributed by atoms with Gasteiger partial charge in [0.25, 0.3) is 0 Å². The van der Waals surface area contributed by atoms with Crippen molar-refractivity contribution in [1.82, 2.24) is 0 Å². The first-order chi connectivity index (χ1) is 8.31. The molecule has 0 bridgehead atoms. The van der Waals surface area contributed by atoms with Crippen LogP contribution in [-0.2, 0) is 11.2 Å². The summed E-state index contributed by atoms with van der Waals surface area (Å²) in [5.41, 5.74) is 4.05. The minimum atomic E-state index is 0.827.